The summed E-state index contributed by atoms with van der Waals surface area (Å²) in [4.78, 5) is 36.7. The van der Waals surface area contributed by atoms with Gasteiger partial charge in [0.1, 0.15) is 5.75 Å². The molecule has 0 aliphatic carbocycles. The lowest BCUT2D eigenvalue weighted by Gasteiger charge is -2.09. The fraction of sp³-hybridized carbons (Fsp3) is 0.0870. The lowest BCUT2D eigenvalue weighted by molar-refractivity contribution is -0.113. The number of carboxylic acids is 1. The van der Waals surface area contributed by atoms with Crippen LogP contribution in [0.25, 0.3) is 0 Å². The van der Waals surface area contributed by atoms with Gasteiger partial charge < -0.3 is 20.5 Å². The average Bonchev–Trinajstić information content (AvgIpc) is 2.78. The Balaban J connectivity index is 1.55. The number of hydrogen-bond donors (Lipinski definition) is 3. The Morgan fingerprint density at radius 3 is 2.26 bits per heavy atom. The number of ether oxygens (including phenoxy) is 1. The molecule has 0 atom stereocenters. The molecule has 0 aliphatic heterocycles. The summed E-state index contributed by atoms with van der Waals surface area (Å²) in [6, 6.07) is 20.1. The van der Waals surface area contributed by atoms with E-state index in [-0.39, 0.29) is 22.8 Å². The van der Waals surface area contributed by atoms with Gasteiger partial charge in [-0.1, -0.05) is 18.2 Å². The van der Waals surface area contributed by atoms with Gasteiger partial charge in [-0.2, -0.15) is 0 Å². The number of thioether (sulfide) groups is 1. The largest absolute Gasteiger partial charge is 0.497 e. The van der Waals surface area contributed by atoms with E-state index in [1.54, 1.807) is 67.8 Å². The number of carboxylic acid groups (broad SMARTS) is 1. The predicted molar refractivity (Wildman–Crippen MR) is 120 cm³/mol. The first-order valence-corrected chi connectivity index (χ1v) is 10.3. The number of benzene rings is 3. The van der Waals surface area contributed by atoms with Crippen LogP contribution in [0.1, 0.15) is 20.7 Å². The molecule has 3 N–H and O–H groups in total. The van der Waals surface area contributed by atoms with Crippen LogP contribution < -0.4 is 15.4 Å². The van der Waals surface area contributed by atoms with Crippen molar-refractivity contribution in [3.63, 3.8) is 0 Å². The lowest BCUT2D eigenvalue weighted by atomic mass is 10.1. The minimum atomic E-state index is -1.16. The van der Waals surface area contributed by atoms with Gasteiger partial charge >= 0.3 is 5.97 Å². The third-order valence-electron chi connectivity index (χ3n) is 4.24. The molecule has 0 bridgehead atoms. The molecule has 2 amide bonds. The van der Waals surface area contributed by atoms with Crippen molar-refractivity contribution in [3.8, 4) is 5.75 Å². The van der Waals surface area contributed by atoms with E-state index in [9.17, 15) is 19.5 Å². The molecule has 3 rings (SSSR count). The molecule has 3 aromatic rings. The summed E-state index contributed by atoms with van der Waals surface area (Å²) in [6.07, 6.45) is 0. The number of carbonyl (C=O) groups excluding carboxylic acids is 2. The van der Waals surface area contributed by atoms with E-state index in [2.05, 4.69) is 10.6 Å². The van der Waals surface area contributed by atoms with Crippen molar-refractivity contribution in [1.82, 2.24) is 0 Å². The molecule has 0 saturated heterocycles. The van der Waals surface area contributed by atoms with Crippen LogP contribution in [0.5, 0.6) is 5.75 Å². The number of amides is 2. The van der Waals surface area contributed by atoms with Gasteiger partial charge in [-0.05, 0) is 48.5 Å². The van der Waals surface area contributed by atoms with Crippen molar-refractivity contribution in [2.24, 2.45) is 0 Å². The molecule has 3 aromatic carbocycles. The van der Waals surface area contributed by atoms with Crippen molar-refractivity contribution in [2.45, 2.75) is 4.90 Å². The number of nitrogens with one attached hydrogen (secondary N) is 2. The number of methoxy groups -OCH3 is 1. The molecule has 7 nitrogen and oxygen atoms in total. The maximum absolute atomic E-state index is 12.4. The molecule has 0 saturated carbocycles. The van der Waals surface area contributed by atoms with Crippen LogP contribution in [0.3, 0.4) is 0 Å². The zero-order valence-electron chi connectivity index (χ0n) is 16.6. The Hall–Kier alpha value is -3.78. The highest BCUT2D eigenvalue weighted by molar-refractivity contribution is 8.00. The highest BCUT2D eigenvalue weighted by Crippen LogP contribution is 2.22. The fourth-order valence-corrected chi connectivity index (χ4v) is 3.45. The Morgan fingerprint density at radius 2 is 1.58 bits per heavy atom. The molecule has 0 radical (unpaired) electrons. The normalized spacial score (nSPS) is 10.2. The van der Waals surface area contributed by atoms with Crippen LogP contribution in [0, 0.1) is 0 Å². The SMILES string of the molecule is COc1cccc(NC(=O)CSc2ccc(NC(=O)c3ccccc3C(=O)O)cc2)c1. The van der Waals surface area contributed by atoms with Gasteiger partial charge in [0.05, 0.1) is 24.0 Å². The second-order valence-corrected chi connectivity index (χ2v) is 7.45. The first-order chi connectivity index (χ1) is 15.0. The van der Waals surface area contributed by atoms with E-state index >= 15 is 0 Å². The molecule has 0 aliphatic rings. The zero-order valence-corrected chi connectivity index (χ0v) is 17.4. The number of hydrogen-bond acceptors (Lipinski definition) is 5. The van der Waals surface area contributed by atoms with Crippen molar-refractivity contribution < 1.29 is 24.2 Å². The molecule has 0 unspecified atom stereocenters. The molecule has 31 heavy (non-hydrogen) atoms. The van der Waals surface area contributed by atoms with Crippen molar-refractivity contribution >= 4 is 40.9 Å². The van der Waals surface area contributed by atoms with E-state index < -0.39 is 11.9 Å². The van der Waals surface area contributed by atoms with E-state index in [0.29, 0.717) is 17.1 Å². The maximum atomic E-state index is 12.4. The number of aromatic carboxylic acids is 1. The minimum absolute atomic E-state index is 0.0609. The molecule has 0 spiro atoms. The summed E-state index contributed by atoms with van der Waals surface area (Å²) in [5.41, 5.74) is 1.21. The highest BCUT2D eigenvalue weighted by Gasteiger charge is 2.15. The molecule has 8 heteroatoms. The number of anilines is 2. The van der Waals surface area contributed by atoms with Crippen LogP contribution in [0.2, 0.25) is 0 Å². The van der Waals surface area contributed by atoms with E-state index in [1.165, 1.54) is 23.9 Å². The molecule has 0 heterocycles. The summed E-state index contributed by atoms with van der Waals surface area (Å²) in [5.74, 6) is -0.940. The Labute approximate surface area is 183 Å². The standard InChI is InChI=1S/C23H20N2O5S/c1-30-17-6-4-5-16(13-17)24-21(26)14-31-18-11-9-15(10-12-18)25-22(27)19-7-2-3-8-20(19)23(28)29/h2-13H,14H2,1H3,(H,24,26)(H,25,27)(H,28,29). The third kappa shape index (κ3) is 6.10. The summed E-state index contributed by atoms with van der Waals surface area (Å²) >= 11 is 1.35. The maximum Gasteiger partial charge on any atom is 0.336 e. The smallest absolute Gasteiger partial charge is 0.336 e. The summed E-state index contributed by atoms with van der Waals surface area (Å²) in [6.45, 7) is 0. The second kappa shape index (κ2) is 10.3. The van der Waals surface area contributed by atoms with Gasteiger partial charge in [-0.3, -0.25) is 9.59 Å². The van der Waals surface area contributed by atoms with Crippen LogP contribution in [-0.2, 0) is 4.79 Å². The fourth-order valence-electron chi connectivity index (χ4n) is 2.75. The Kier molecular flexibility index (Phi) is 7.29. The van der Waals surface area contributed by atoms with Crippen molar-refractivity contribution in [2.75, 3.05) is 23.5 Å². The van der Waals surface area contributed by atoms with Crippen LogP contribution in [0.4, 0.5) is 11.4 Å². The first-order valence-electron chi connectivity index (χ1n) is 9.26. The van der Waals surface area contributed by atoms with Gasteiger partial charge in [0.15, 0.2) is 0 Å². The Morgan fingerprint density at radius 1 is 0.871 bits per heavy atom. The van der Waals surface area contributed by atoms with Crippen molar-refractivity contribution in [1.29, 1.82) is 0 Å². The number of carbonyl (C=O) groups is 3. The third-order valence-corrected chi connectivity index (χ3v) is 5.25. The zero-order chi connectivity index (χ0) is 22.2. The van der Waals surface area contributed by atoms with Gasteiger partial charge in [-0.15, -0.1) is 11.8 Å². The average molecular weight is 436 g/mol. The molecule has 0 fully saturated rings. The molecular weight excluding hydrogens is 416 g/mol. The van der Waals surface area contributed by atoms with Crippen LogP contribution in [-0.4, -0.2) is 35.8 Å². The predicted octanol–water partition coefficient (Wildman–Crippen LogP) is 4.38. The molecule has 0 aromatic heterocycles. The quantitative estimate of drug-likeness (QED) is 0.453. The molecular formula is C23H20N2O5S. The summed E-state index contributed by atoms with van der Waals surface area (Å²) in [5, 5.41) is 14.7. The summed E-state index contributed by atoms with van der Waals surface area (Å²) in [7, 11) is 1.56. The van der Waals surface area contributed by atoms with Crippen molar-refractivity contribution in [3.05, 3.63) is 83.9 Å². The van der Waals surface area contributed by atoms with E-state index in [4.69, 9.17) is 4.74 Å². The molecule has 158 valence electrons. The van der Waals surface area contributed by atoms with Crippen LogP contribution in [0.15, 0.2) is 77.7 Å². The van der Waals surface area contributed by atoms with E-state index in [1.807, 2.05) is 0 Å². The first kappa shape index (κ1) is 21.9. The number of rotatable bonds is 8. The monoisotopic (exact) mass is 436 g/mol. The second-order valence-electron chi connectivity index (χ2n) is 6.40. The lowest BCUT2D eigenvalue weighted by Crippen LogP contribution is -2.16. The van der Waals surface area contributed by atoms with E-state index in [0.717, 1.165) is 4.90 Å². The highest BCUT2D eigenvalue weighted by atomic mass is 32.2. The Bertz CT molecular complexity index is 1100. The topological polar surface area (TPSA) is 105 Å². The van der Waals surface area contributed by atoms with Crippen LogP contribution >= 0.6 is 11.8 Å². The minimum Gasteiger partial charge on any atom is -0.497 e. The van der Waals surface area contributed by atoms with Gasteiger partial charge in [0.2, 0.25) is 5.91 Å². The summed E-state index contributed by atoms with van der Waals surface area (Å²) < 4.78 is 5.14. The van der Waals surface area contributed by atoms with Gasteiger partial charge in [0, 0.05) is 22.3 Å². The van der Waals surface area contributed by atoms with Gasteiger partial charge in [0.25, 0.3) is 5.91 Å². The van der Waals surface area contributed by atoms with Gasteiger partial charge in [-0.25, -0.2) is 4.79 Å².